The summed E-state index contributed by atoms with van der Waals surface area (Å²) in [6.07, 6.45) is 0.429. The average Bonchev–Trinajstić information content (AvgIpc) is 3.35. The number of rotatable bonds is 6. The largest absolute Gasteiger partial charge is 0.494 e. The number of aromatic nitrogens is 2. The molecular weight excluding hydrogens is 451 g/mol. The summed E-state index contributed by atoms with van der Waals surface area (Å²) >= 11 is 0. The van der Waals surface area contributed by atoms with E-state index in [0.717, 1.165) is 54.9 Å². The average molecular weight is 490 g/mol. The number of anilines is 2. The summed E-state index contributed by atoms with van der Waals surface area (Å²) in [5.74, 6) is 0.897. The van der Waals surface area contributed by atoms with Crippen LogP contribution in [0.3, 0.4) is 0 Å². The Kier molecular flexibility index (Phi) is 6.56. The van der Waals surface area contributed by atoms with E-state index in [1.165, 1.54) is 11.4 Å². The first-order valence-electron chi connectivity index (χ1n) is 13.2. The number of piperazine rings is 1. The summed E-state index contributed by atoms with van der Waals surface area (Å²) < 4.78 is 12.4. The number of H-pyrrole nitrogens is 1. The third kappa shape index (κ3) is 4.62. The number of aromatic amines is 1. The van der Waals surface area contributed by atoms with Crippen LogP contribution < -0.4 is 15.3 Å². The highest BCUT2D eigenvalue weighted by atomic mass is 16.7. The van der Waals surface area contributed by atoms with E-state index in [1.807, 2.05) is 6.92 Å². The van der Waals surface area contributed by atoms with Crippen molar-refractivity contribution < 1.29 is 14.4 Å². The molecule has 3 heterocycles. The molecule has 2 N–H and O–H groups in total. The van der Waals surface area contributed by atoms with Gasteiger partial charge in [0.05, 0.1) is 28.3 Å². The second-order valence-electron chi connectivity index (χ2n) is 11.2. The predicted molar refractivity (Wildman–Crippen MR) is 147 cm³/mol. The van der Waals surface area contributed by atoms with Gasteiger partial charge in [0, 0.05) is 43.5 Å². The third-order valence-corrected chi connectivity index (χ3v) is 8.29. The number of aliphatic hydroxyl groups is 1. The standard InChI is InChI=1S/C28H39BN4O3/c1-7-23(19(2)34)26-30-24-13-12-22(18-25(24)31-26)33-16-14-32(15-17-33)21-10-8-20(9-11-21)29-35-27(3,4)28(5,6)36-29/h8-13,18-19,23,34H,7,14-17H2,1-6H3,(H,30,31). The van der Waals surface area contributed by atoms with Gasteiger partial charge in [-0.2, -0.15) is 0 Å². The maximum Gasteiger partial charge on any atom is 0.494 e. The Labute approximate surface area is 214 Å². The first-order valence-corrected chi connectivity index (χ1v) is 13.2. The number of fused-ring (bicyclic) bond motifs is 1. The number of hydrogen-bond acceptors (Lipinski definition) is 6. The van der Waals surface area contributed by atoms with Crippen LogP contribution >= 0.6 is 0 Å². The maximum absolute atomic E-state index is 10.1. The van der Waals surface area contributed by atoms with E-state index < -0.39 is 6.10 Å². The van der Waals surface area contributed by atoms with Crippen molar-refractivity contribution in [2.45, 2.75) is 71.2 Å². The highest BCUT2D eigenvalue weighted by Crippen LogP contribution is 2.36. The third-order valence-electron chi connectivity index (χ3n) is 8.29. The maximum atomic E-state index is 10.1. The van der Waals surface area contributed by atoms with Crippen molar-refractivity contribution >= 4 is 35.0 Å². The molecule has 8 heteroatoms. The van der Waals surface area contributed by atoms with Crippen LogP contribution in [0.4, 0.5) is 11.4 Å². The first kappa shape index (κ1) is 25.1. The zero-order chi connectivity index (χ0) is 25.7. The normalized spacial score (nSPS) is 21.2. The van der Waals surface area contributed by atoms with Crippen LogP contribution in [0.25, 0.3) is 11.0 Å². The Hall–Kier alpha value is -2.55. The molecule has 2 aliphatic rings. The summed E-state index contributed by atoms with van der Waals surface area (Å²) in [6.45, 7) is 16.1. The van der Waals surface area contributed by atoms with Crippen molar-refractivity contribution in [3.63, 3.8) is 0 Å². The summed E-state index contributed by atoms with van der Waals surface area (Å²) in [5.41, 5.74) is 4.80. The van der Waals surface area contributed by atoms with Gasteiger partial charge in [-0.05, 0) is 76.8 Å². The van der Waals surface area contributed by atoms with Crippen LogP contribution in [-0.2, 0) is 9.31 Å². The van der Waals surface area contributed by atoms with E-state index >= 15 is 0 Å². The molecule has 2 aliphatic heterocycles. The second-order valence-corrected chi connectivity index (χ2v) is 11.2. The van der Waals surface area contributed by atoms with Gasteiger partial charge in [0.25, 0.3) is 0 Å². The van der Waals surface area contributed by atoms with Gasteiger partial charge in [0.15, 0.2) is 0 Å². The predicted octanol–water partition coefficient (Wildman–Crippen LogP) is 4.06. The smallest absolute Gasteiger partial charge is 0.399 e. The molecule has 2 atom stereocenters. The van der Waals surface area contributed by atoms with E-state index in [4.69, 9.17) is 14.3 Å². The number of imidazole rings is 1. The summed E-state index contributed by atoms with van der Waals surface area (Å²) in [6, 6.07) is 15.1. The zero-order valence-corrected chi connectivity index (χ0v) is 22.4. The van der Waals surface area contributed by atoms with Crippen LogP contribution in [-0.4, -0.2) is 65.7 Å². The molecule has 5 rings (SSSR count). The topological polar surface area (TPSA) is 73.9 Å². The molecule has 0 bridgehead atoms. The Morgan fingerprint density at radius 2 is 1.50 bits per heavy atom. The van der Waals surface area contributed by atoms with Crippen molar-refractivity contribution in [2.75, 3.05) is 36.0 Å². The highest BCUT2D eigenvalue weighted by molar-refractivity contribution is 6.62. The van der Waals surface area contributed by atoms with Crippen LogP contribution in [0.2, 0.25) is 0 Å². The number of hydrogen-bond donors (Lipinski definition) is 2. The molecular formula is C28H39BN4O3. The van der Waals surface area contributed by atoms with Gasteiger partial charge in [-0.1, -0.05) is 19.1 Å². The van der Waals surface area contributed by atoms with Gasteiger partial charge >= 0.3 is 7.12 Å². The lowest BCUT2D eigenvalue weighted by molar-refractivity contribution is 0.00578. The lowest BCUT2D eigenvalue weighted by atomic mass is 9.79. The Balaban J connectivity index is 1.23. The van der Waals surface area contributed by atoms with Gasteiger partial charge in [-0.25, -0.2) is 4.98 Å². The molecule has 0 aliphatic carbocycles. The molecule has 0 amide bonds. The second kappa shape index (κ2) is 9.40. The number of nitrogens with zero attached hydrogens (tertiary/aromatic N) is 3. The van der Waals surface area contributed by atoms with Gasteiger partial charge in [0.2, 0.25) is 0 Å². The number of aliphatic hydroxyl groups excluding tert-OH is 1. The lowest BCUT2D eigenvalue weighted by Gasteiger charge is -2.37. The van der Waals surface area contributed by atoms with Crippen LogP contribution in [0.1, 0.15) is 59.7 Å². The minimum Gasteiger partial charge on any atom is -0.399 e. The number of nitrogens with one attached hydrogen (secondary N) is 1. The monoisotopic (exact) mass is 490 g/mol. The van der Waals surface area contributed by atoms with Gasteiger partial charge < -0.3 is 29.2 Å². The van der Waals surface area contributed by atoms with Crippen molar-refractivity contribution in [2.24, 2.45) is 0 Å². The first-order chi connectivity index (χ1) is 17.1. The van der Waals surface area contributed by atoms with E-state index in [2.05, 4.69) is 91.9 Å². The fourth-order valence-electron chi connectivity index (χ4n) is 5.19. The molecule has 0 saturated carbocycles. The lowest BCUT2D eigenvalue weighted by Crippen LogP contribution is -2.46. The molecule has 2 saturated heterocycles. The summed E-state index contributed by atoms with van der Waals surface area (Å²) in [7, 11) is -0.327. The van der Waals surface area contributed by atoms with Crippen molar-refractivity contribution in [3.8, 4) is 0 Å². The Bertz CT molecular complexity index is 1180. The van der Waals surface area contributed by atoms with Gasteiger partial charge in [-0.3, -0.25) is 0 Å². The Morgan fingerprint density at radius 3 is 2.06 bits per heavy atom. The van der Waals surface area contributed by atoms with E-state index in [1.54, 1.807) is 0 Å². The fourth-order valence-corrected chi connectivity index (χ4v) is 5.19. The summed E-state index contributed by atoms with van der Waals surface area (Å²) in [4.78, 5) is 13.1. The molecule has 192 valence electrons. The van der Waals surface area contributed by atoms with E-state index in [-0.39, 0.29) is 24.2 Å². The molecule has 36 heavy (non-hydrogen) atoms. The van der Waals surface area contributed by atoms with Crippen molar-refractivity contribution in [1.82, 2.24) is 9.97 Å². The quantitative estimate of drug-likeness (QED) is 0.508. The van der Waals surface area contributed by atoms with E-state index in [0.29, 0.717) is 0 Å². The van der Waals surface area contributed by atoms with Crippen molar-refractivity contribution in [3.05, 3.63) is 48.3 Å². The molecule has 3 aromatic rings. The molecule has 0 radical (unpaired) electrons. The highest BCUT2D eigenvalue weighted by Gasteiger charge is 2.51. The molecule has 2 unspecified atom stereocenters. The van der Waals surface area contributed by atoms with Gasteiger partial charge in [-0.15, -0.1) is 0 Å². The summed E-state index contributed by atoms with van der Waals surface area (Å²) in [5, 5.41) is 10.1. The van der Waals surface area contributed by atoms with Crippen LogP contribution in [0, 0.1) is 0 Å². The fraction of sp³-hybridized carbons (Fsp3) is 0.536. The minimum atomic E-state index is -0.422. The molecule has 2 fully saturated rings. The van der Waals surface area contributed by atoms with Crippen LogP contribution in [0.5, 0.6) is 0 Å². The molecule has 0 spiro atoms. The SMILES string of the molecule is CCC(c1nc2cc(N3CCN(c4ccc(B5OC(C)(C)C(C)(C)O5)cc4)CC3)ccc2[nH]1)C(C)O. The van der Waals surface area contributed by atoms with Crippen LogP contribution in [0.15, 0.2) is 42.5 Å². The molecule has 1 aromatic heterocycles. The zero-order valence-electron chi connectivity index (χ0n) is 22.4. The Morgan fingerprint density at radius 1 is 0.944 bits per heavy atom. The molecule has 7 nitrogen and oxygen atoms in total. The number of benzene rings is 2. The van der Waals surface area contributed by atoms with Crippen molar-refractivity contribution in [1.29, 1.82) is 0 Å². The van der Waals surface area contributed by atoms with E-state index in [9.17, 15) is 5.11 Å². The van der Waals surface area contributed by atoms with Gasteiger partial charge in [0.1, 0.15) is 5.82 Å². The minimum absolute atomic E-state index is 0.0283. The molecule has 2 aromatic carbocycles.